The van der Waals surface area contributed by atoms with Crippen molar-refractivity contribution in [1.29, 1.82) is 0 Å². The van der Waals surface area contributed by atoms with Crippen LogP contribution < -0.4 is 155 Å². The second kappa shape index (κ2) is 22.5. The van der Waals surface area contributed by atoms with Crippen LogP contribution in [-0.2, 0) is 9.68 Å². The van der Waals surface area contributed by atoms with Gasteiger partial charge in [0.15, 0.2) is 0 Å². The van der Waals surface area contributed by atoms with Gasteiger partial charge in [0, 0.05) is 15.8 Å². The van der Waals surface area contributed by atoms with Crippen LogP contribution >= 0.6 is 22.6 Å². The van der Waals surface area contributed by atoms with E-state index in [4.69, 9.17) is 21.5 Å². The average Bonchev–Trinajstić information content (AvgIpc) is 3.41. The van der Waals surface area contributed by atoms with E-state index in [-0.39, 0.29) is 146 Å². The number of benzene rings is 2. The smallest absolute Gasteiger partial charge is 1.00 e. The number of anilines is 2. The quantitative estimate of drug-likeness (QED) is 0.0823. The first-order valence-electron chi connectivity index (χ1n) is 8.11. The molecule has 31 heavy (non-hydrogen) atoms. The Balaban J connectivity index is -0.000000368. The van der Waals surface area contributed by atoms with Crippen molar-refractivity contribution in [3.63, 3.8) is 0 Å². The maximum Gasteiger partial charge on any atom is 1.00 e. The van der Waals surface area contributed by atoms with Crippen molar-refractivity contribution in [3.8, 4) is 5.69 Å². The molecule has 0 fully saturated rings. The largest absolute Gasteiger partial charge is 1.00 e. The number of H-pyrrole nitrogens is 1. The second-order valence-corrected chi connectivity index (χ2v) is 6.27. The minimum absolute atomic E-state index is 0. The van der Waals surface area contributed by atoms with E-state index in [1.807, 2.05) is 54.7 Å². The molecule has 0 spiro atoms. The molecule has 0 unspecified atom stereocenters. The molecule has 0 radical (unpaired) electrons. The summed E-state index contributed by atoms with van der Waals surface area (Å²) in [4.78, 5) is 11.2. The van der Waals surface area contributed by atoms with Crippen LogP contribution in [-0.4, -0.2) is 26.5 Å². The number of nitrogens with one attached hydrogen (secondary N) is 1. The molecule has 0 aliphatic rings. The molecule has 5 N–H and O–H groups in total. The van der Waals surface area contributed by atoms with Crippen LogP contribution in [0.4, 0.5) is 11.6 Å². The van der Waals surface area contributed by atoms with Gasteiger partial charge in [-0.05, 0) is 52.9 Å². The molecule has 2 heterocycles. The molecule has 0 amide bonds. The zero-order valence-corrected chi connectivity index (χ0v) is 32.0. The number of nitrogens with two attached hydrogens (primary N) is 2. The van der Waals surface area contributed by atoms with Crippen molar-refractivity contribution in [2.45, 2.75) is 0 Å². The Hall–Kier alpha value is 0.724. The zero-order chi connectivity index (χ0) is 21.3. The topological polar surface area (TPSA) is 148 Å². The van der Waals surface area contributed by atoms with Crippen molar-refractivity contribution < 1.29 is 154 Å². The van der Waals surface area contributed by atoms with Crippen molar-refractivity contribution in [1.82, 2.24) is 20.0 Å². The number of aromatic amines is 1. The summed E-state index contributed by atoms with van der Waals surface area (Å²) < 4.78 is 3.04. The molecule has 0 saturated heterocycles. The van der Waals surface area contributed by atoms with Crippen molar-refractivity contribution in [3.05, 3.63) is 88.8 Å². The van der Waals surface area contributed by atoms with Crippen LogP contribution in [0, 0.1) is 3.57 Å². The van der Waals surface area contributed by atoms with E-state index in [2.05, 4.69) is 54.9 Å². The number of carbonyl (C=O) groups excluding carboxylic acids is 1. The Bertz CT molecular complexity index is 919. The Morgan fingerprint density at radius 3 is 1.84 bits per heavy atom. The third kappa shape index (κ3) is 17.8. The Morgan fingerprint density at radius 1 is 1.00 bits per heavy atom. The fraction of sp³-hybridized carbons (Fsp3) is 0. The Labute approximate surface area is 313 Å². The molecule has 0 atom stereocenters. The van der Waals surface area contributed by atoms with Gasteiger partial charge in [0.05, 0.1) is 11.9 Å². The van der Waals surface area contributed by atoms with Gasteiger partial charge in [-0.25, -0.2) is 4.68 Å². The molecular weight excluding hydrogens is 753 g/mol. The number of hydrogen-bond donors (Lipinski definition) is 3. The zero-order valence-electron chi connectivity index (χ0n) is 18.3. The number of carbonyl (C=O) groups is 1. The molecule has 2 aromatic heterocycles. The number of halogens is 1. The predicted octanol–water partition coefficient (Wildman–Crippen LogP) is -3.71. The van der Waals surface area contributed by atoms with Crippen molar-refractivity contribution in [2.75, 3.05) is 11.5 Å². The van der Waals surface area contributed by atoms with Gasteiger partial charge in [0.2, 0.25) is 0 Å². The summed E-state index contributed by atoms with van der Waals surface area (Å²) in [5, 5.41) is 18.6. The molecule has 0 bridgehead atoms. The van der Waals surface area contributed by atoms with Gasteiger partial charge >= 0.3 is 138 Å². The third-order valence-electron chi connectivity index (χ3n) is 2.93. The SMILES string of the molecule is Ic1ccccc1.Nc1ccn(-c2ccccc2)n1.Nc1ccn[nH]1.O=CO[O-].[Cs+].[Cs+].[H-]. The fourth-order valence-corrected chi connectivity index (χ4v) is 2.16. The first-order valence-corrected chi connectivity index (χ1v) is 9.19. The average molecular weight is 774 g/mol. The second-order valence-electron chi connectivity index (χ2n) is 5.02. The van der Waals surface area contributed by atoms with Crippen LogP contribution in [0.2, 0.25) is 0 Å². The minimum atomic E-state index is -0.181. The molecule has 0 aliphatic carbocycles. The van der Waals surface area contributed by atoms with E-state index in [0.29, 0.717) is 11.6 Å². The van der Waals surface area contributed by atoms with Crippen LogP contribution in [0.5, 0.6) is 0 Å². The number of aromatic nitrogens is 4. The molecular formula is C19H21Cs2IN6O3. The monoisotopic (exact) mass is 774 g/mol. The number of nitrogen functional groups attached to an aromatic ring is 2. The van der Waals surface area contributed by atoms with E-state index in [9.17, 15) is 0 Å². The molecule has 9 nitrogen and oxygen atoms in total. The van der Waals surface area contributed by atoms with Gasteiger partial charge < -0.3 is 23.0 Å². The molecule has 154 valence electrons. The Morgan fingerprint density at radius 2 is 1.55 bits per heavy atom. The van der Waals surface area contributed by atoms with E-state index in [1.54, 1.807) is 23.0 Å². The molecule has 4 rings (SSSR count). The summed E-state index contributed by atoms with van der Waals surface area (Å²) in [5.74, 6) is 1.15. The van der Waals surface area contributed by atoms with Gasteiger partial charge in [0.1, 0.15) is 11.6 Å². The first kappa shape index (κ1) is 33.9. The van der Waals surface area contributed by atoms with Crippen LogP contribution in [0.1, 0.15) is 1.43 Å². The van der Waals surface area contributed by atoms with Gasteiger partial charge in [-0.3, -0.25) is 9.89 Å². The number of para-hydroxylation sites is 1. The van der Waals surface area contributed by atoms with E-state index in [0.717, 1.165) is 5.69 Å². The molecule has 0 saturated carbocycles. The number of rotatable bonds is 2. The molecule has 0 aliphatic heterocycles. The summed E-state index contributed by atoms with van der Waals surface area (Å²) in [6.45, 7) is -0.181. The minimum Gasteiger partial charge on any atom is -1.00 e. The van der Waals surface area contributed by atoms with Gasteiger partial charge in [0.25, 0.3) is 6.47 Å². The molecule has 4 aromatic rings. The number of nitrogens with zero attached hydrogens (tertiary/aromatic N) is 3. The fourth-order valence-electron chi connectivity index (χ4n) is 1.74. The summed E-state index contributed by atoms with van der Waals surface area (Å²) in [7, 11) is 0. The number of hydrogen-bond acceptors (Lipinski definition) is 7. The van der Waals surface area contributed by atoms with E-state index >= 15 is 0 Å². The van der Waals surface area contributed by atoms with Gasteiger partial charge in [-0.1, -0.05) is 36.4 Å². The molecule has 2 aromatic carbocycles. The summed E-state index contributed by atoms with van der Waals surface area (Å²) in [5.41, 5.74) is 11.7. The van der Waals surface area contributed by atoms with Crippen LogP contribution in [0.15, 0.2) is 85.2 Å². The first-order chi connectivity index (χ1) is 14.1. The summed E-state index contributed by atoms with van der Waals surface area (Å²) in [6, 6.07) is 23.5. The molecule has 12 heteroatoms. The maximum atomic E-state index is 8.64. The normalized spacial score (nSPS) is 8.19. The Kier molecular flexibility index (Phi) is 24.6. The predicted molar refractivity (Wildman–Crippen MR) is 118 cm³/mol. The van der Waals surface area contributed by atoms with Gasteiger partial charge in [-0.15, -0.1) is 0 Å². The summed E-state index contributed by atoms with van der Waals surface area (Å²) in [6.07, 6.45) is 3.44. The van der Waals surface area contributed by atoms with E-state index < -0.39 is 0 Å². The van der Waals surface area contributed by atoms with Crippen LogP contribution in [0.3, 0.4) is 0 Å². The standard InChI is InChI=1S/C9H9N3.C6H5I.C3H5N3.CH2O3.2Cs.H/c10-9-6-7-12(11-9)8-4-2-1-3-5-8;7-6-4-2-1-3-5-6;4-3-1-2-5-6-3;2-1-4-3;;;/h1-7H,(H2,10,11);1-5H;1-2H,(H3,4,5,6);1,3H;;;/q;;;;2*+1;-1/p-1. The summed E-state index contributed by atoms with van der Waals surface area (Å²) >= 11 is 2.28. The maximum absolute atomic E-state index is 8.64. The van der Waals surface area contributed by atoms with Crippen LogP contribution in [0.25, 0.3) is 5.69 Å². The third-order valence-corrected chi connectivity index (χ3v) is 3.64. The van der Waals surface area contributed by atoms with Crippen molar-refractivity contribution >= 4 is 40.7 Å². The van der Waals surface area contributed by atoms with E-state index in [1.165, 1.54) is 3.57 Å². The van der Waals surface area contributed by atoms with Crippen molar-refractivity contribution in [2.24, 2.45) is 0 Å². The van der Waals surface area contributed by atoms with Gasteiger partial charge in [-0.2, -0.15) is 10.2 Å².